The van der Waals surface area contributed by atoms with Crippen molar-refractivity contribution in [2.45, 2.75) is 44.8 Å². The Bertz CT molecular complexity index is 305. The van der Waals surface area contributed by atoms with Crippen LogP contribution in [0.15, 0.2) is 0 Å². The van der Waals surface area contributed by atoms with E-state index in [1.54, 1.807) is 0 Å². The fourth-order valence-corrected chi connectivity index (χ4v) is 3.05. The van der Waals surface area contributed by atoms with Crippen LogP contribution < -0.4 is 5.32 Å². The molecule has 0 aliphatic carbocycles. The van der Waals surface area contributed by atoms with Crippen LogP contribution in [0.2, 0.25) is 0 Å². The standard InChI is InChI=1S/C15H29N3O2/c1-3-13-12-18(10-9-17(13)2)15(19)6-11-20-14-4-7-16-8-5-14/h13-14,16H,3-12H2,1-2H3. The Balaban J connectivity index is 1.66. The number of nitrogens with one attached hydrogen (secondary N) is 1. The van der Waals surface area contributed by atoms with Crippen LogP contribution >= 0.6 is 0 Å². The smallest absolute Gasteiger partial charge is 0.224 e. The van der Waals surface area contributed by atoms with Crippen molar-refractivity contribution in [3.8, 4) is 0 Å². The van der Waals surface area contributed by atoms with E-state index in [1.807, 2.05) is 4.90 Å². The summed E-state index contributed by atoms with van der Waals surface area (Å²) < 4.78 is 5.82. The molecule has 1 amide bonds. The Hall–Kier alpha value is -0.650. The molecule has 2 fully saturated rings. The minimum atomic E-state index is 0.255. The monoisotopic (exact) mass is 283 g/mol. The molecule has 2 aliphatic heterocycles. The number of piperazine rings is 1. The Kier molecular flexibility index (Phi) is 6.26. The third-order valence-corrected chi connectivity index (χ3v) is 4.56. The summed E-state index contributed by atoms with van der Waals surface area (Å²) in [6.07, 6.45) is 4.12. The first-order valence-electron chi connectivity index (χ1n) is 8.01. The predicted molar refractivity (Wildman–Crippen MR) is 79.7 cm³/mol. The molecule has 0 aromatic heterocycles. The van der Waals surface area contributed by atoms with E-state index in [0.717, 1.165) is 52.0 Å². The van der Waals surface area contributed by atoms with E-state index in [0.29, 0.717) is 25.2 Å². The summed E-state index contributed by atoms with van der Waals surface area (Å²) in [6, 6.07) is 0.512. The second-order valence-corrected chi connectivity index (χ2v) is 5.95. The van der Waals surface area contributed by atoms with E-state index in [4.69, 9.17) is 4.74 Å². The topological polar surface area (TPSA) is 44.8 Å². The van der Waals surface area contributed by atoms with Gasteiger partial charge in [-0.1, -0.05) is 6.92 Å². The fraction of sp³-hybridized carbons (Fsp3) is 0.933. The number of hydrogen-bond donors (Lipinski definition) is 1. The zero-order chi connectivity index (χ0) is 14.4. The Morgan fingerprint density at radius 2 is 2.05 bits per heavy atom. The molecule has 5 nitrogen and oxygen atoms in total. The maximum Gasteiger partial charge on any atom is 0.224 e. The summed E-state index contributed by atoms with van der Waals surface area (Å²) in [5.41, 5.74) is 0. The van der Waals surface area contributed by atoms with E-state index >= 15 is 0 Å². The third-order valence-electron chi connectivity index (χ3n) is 4.56. The Morgan fingerprint density at radius 3 is 2.75 bits per heavy atom. The molecule has 0 aromatic rings. The zero-order valence-corrected chi connectivity index (χ0v) is 12.9. The normalized spacial score (nSPS) is 25.9. The van der Waals surface area contributed by atoms with Crippen LogP contribution in [0.25, 0.3) is 0 Å². The van der Waals surface area contributed by atoms with Gasteiger partial charge in [0.1, 0.15) is 0 Å². The summed E-state index contributed by atoms with van der Waals surface area (Å²) in [4.78, 5) is 16.6. The Morgan fingerprint density at radius 1 is 1.30 bits per heavy atom. The number of nitrogens with zero attached hydrogens (tertiary/aromatic N) is 2. The van der Waals surface area contributed by atoms with Gasteiger partial charge in [-0.25, -0.2) is 0 Å². The van der Waals surface area contributed by atoms with E-state index in [1.165, 1.54) is 0 Å². The third kappa shape index (κ3) is 4.43. The Labute approximate surface area is 122 Å². The molecule has 0 aromatic carbocycles. The van der Waals surface area contributed by atoms with Crippen LogP contribution in [0.1, 0.15) is 32.6 Å². The highest BCUT2D eigenvalue weighted by Gasteiger charge is 2.25. The number of hydrogen-bond acceptors (Lipinski definition) is 4. The molecule has 1 atom stereocenters. The SMILES string of the molecule is CCC1CN(C(=O)CCOC2CCNCC2)CCN1C. The van der Waals surface area contributed by atoms with Crippen LogP contribution in [-0.2, 0) is 9.53 Å². The van der Waals surface area contributed by atoms with Crippen molar-refractivity contribution in [2.75, 3.05) is 46.4 Å². The van der Waals surface area contributed by atoms with Crippen molar-refractivity contribution < 1.29 is 9.53 Å². The molecule has 20 heavy (non-hydrogen) atoms. The fourth-order valence-electron chi connectivity index (χ4n) is 3.05. The molecule has 2 rings (SSSR count). The number of piperidine rings is 1. The van der Waals surface area contributed by atoms with Crippen LogP contribution in [0, 0.1) is 0 Å². The average Bonchev–Trinajstić information content (AvgIpc) is 2.48. The molecule has 2 saturated heterocycles. The van der Waals surface area contributed by atoms with E-state index < -0.39 is 0 Å². The van der Waals surface area contributed by atoms with Crippen LogP contribution in [0.4, 0.5) is 0 Å². The zero-order valence-electron chi connectivity index (χ0n) is 12.9. The van der Waals surface area contributed by atoms with Gasteiger partial charge in [-0.2, -0.15) is 0 Å². The first kappa shape index (κ1) is 15.7. The molecule has 1 unspecified atom stereocenters. The molecule has 2 aliphatic rings. The number of carbonyl (C=O) groups is 1. The van der Waals surface area contributed by atoms with Crippen molar-refractivity contribution in [2.24, 2.45) is 0 Å². The maximum atomic E-state index is 12.2. The lowest BCUT2D eigenvalue weighted by atomic mass is 10.1. The van der Waals surface area contributed by atoms with Gasteiger partial charge < -0.3 is 15.0 Å². The number of likely N-dealkylation sites (N-methyl/N-ethyl adjacent to an activating group) is 1. The highest BCUT2D eigenvalue weighted by molar-refractivity contribution is 5.76. The number of ether oxygens (including phenoxy) is 1. The van der Waals surface area contributed by atoms with Crippen LogP contribution in [0.3, 0.4) is 0 Å². The van der Waals surface area contributed by atoms with Gasteiger partial charge in [-0.15, -0.1) is 0 Å². The summed E-state index contributed by atoms with van der Waals surface area (Å²) in [6.45, 7) is 7.56. The number of rotatable bonds is 5. The first-order chi connectivity index (χ1) is 9.70. The molecular weight excluding hydrogens is 254 g/mol. The number of amides is 1. The molecular formula is C15H29N3O2. The lowest BCUT2D eigenvalue weighted by Crippen LogP contribution is -2.53. The van der Waals surface area contributed by atoms with Gasteiger partial charge in [-0.3, -0.25) is 9.69 Å². The van der Waals surface area contributed by atoms with Gasteiger partial charge in [0.15, 0.2) is 0 Å². The van der Waals surface area contributed by atoms with Crippen molar-refractivity contribution in [3.05, 3.63) is 0 Å². The van der Waals surface area contributed by atoms with E-state index in [-0.39, 0.29) is 5.91 Å². The van der Waals surface area contributed by atoms with Crippen LogP contribution in [-0.4, -0.2) is 74.2 Å². The van der Waals surface area contributed by atoms with Crippen LogP contribution in [0.5, 0.6) is 0 Å². The lowest BCUT2D eigenvalue weighted by molar-refractivity contribution is -0.135. The van der Waals surface area contributed by atoms with Crippen molar-refractivity contribution >= 4 is 5.91 Å². The summed E-state index contributed by atoms with van der Waals surface area (Å²) in [5.74, 6) is 0.255. The van der Waals surface area contributed by atoms with Crippen molar-refractivity contribution in [1.82, 2.24) is 15.1 Å². The molecule has 1 N–H and O–H groups in total. The molecule has 5 heteroatoms. The minimum Gasteiger partial charge on any atom is -0.378 e. The van der Waals surface area contributed by atoms with Gasteiger partial charge in [0.25, 0.3) is 0 Å². The molecule has 2 heterocycles. The molecule has 0 spiro atoms. The number of carbonyl (C=O) groups excluding carboxylic acids is 1. The van der Waals surface area contributed by atoms with E-state index in [9.17, 15) is 4.79 Å². The second-order valence-electron chi connectivity index (χ2n) is 5.95. The summed E-state index contributed by atoms with van der Waals surface area (Å²) in [7, 11) is 2.15. The van der Waals surface area contributed by atoms with E-state index in [2.05, 4.69) is 24.2 Å². The van der Waals surface area contributed by atoms with Gasteiger partial charge in [0.05, 0.1) is 19.1 Å². The predicted octanol–water partition coefficient (Wildman–Crippen LogP) is 0.698. The van der Waals surface area contributed by atoms with Crippen molar-refractivity contribution in [1.29, 1.82) is 0 Å². The van der Waals surface area contributed by atoms with Gasteiger partial charge >= 0.3 is 0 Å². The quantitative estimate of drug-likeness (QED) is 0.807. The van der Waals surface area contributed by atoms with Crippen molar-refractivity contribution in [3.63, 3.8) is 0 Å². The average molecular weight is 283 g/mol. The molecule has 0 bridgehead atoms. The summed E-state index contributed by atoms with van der Waals surface area (Å²) >= 11 is 0. The molecule has 116 valence electrons. The van der Waals surface area contributed by atoms with Gasteiger partial charge in [-0.05, 0) is 39.4 Å². The van der Waals surface area contributed by atoms with Gasteiger partial charge in [0, 0.05) is 25.7 Å². The first-order valence-corrected chi connectivity index (χ1v) is 8.01. The van der Waals surface area contributed by atoms with Gasteiger partial charge in [0.2, 0.25) is 5.91 Å². The lowest BCUT2D eigenvalue weighted by Gasteiger charge is -2.39. The maximum absolute atomic E-state index is 12.2. The molecule has 0 saturated carbocycles. The highest BCUT2D eigenvalue weighted by Crippen LogP contribution is 2.12. The minimum absolute atomic E-state index is 0.255. The largest absolute Gasteiger partial charge is 0.378 e. The summed E-state index contributed by atoms with van der Waals surface area (Å²) in [5, 5.41) is 3.32. The highest BCUT2D eigenvalue weighted by atomic mass is 16.5. The molecule has 0 radical (unpaired) electrons. The second kappa shape index (κ2) is 7.96.